The standard InChI is InChI=1S/C21H23Br2ClN2O3/c22-18-13-10-14(19(18)23)17-16(13)20(28)26(21(17)29)9-3-1-2-4-15(27)25-12-7-5-11(24)6-8-12/h5-8,13-14,16-19H,1-4,9-10H2,(H,25,27)/t13-,14-,16-,17-,18+,19+/m1/s1. The van der Waals surface area contributed by atoms with Gasteiger partial charge in [-0.1, -0.05) is 49.9 Å². The maximum Gasteiger partial charge on any atom is 0.233 e. The molecule has 0 radical (unpaired) electrons. The monoisotopic (exact) mass is 544 g/mol. The molecule has 0 spiro atoms. The van der Waals surface area contributed by atoms with Gasteiger partial charge in [0, 0.05) is 33.3 Å². The van der Waals surface area contributed by atoms with Crippen LogP contribution in [0.4, 0.5) is 5.69 Å². The number of hydrogen-bond donors (Lipinski definition) is 1. The molecule has 1 heterocycles. The number of unbranched alkanes of at least 4 members (excludes halogenated alkanes) is 2. The molecule has 1 saturated heterocycles. The molecule has 156 valence electrons. The van der Waals surface area contributed by atoms with Gasteiger partial charge in [-0.2, -0.15) is 0 Å². The van der Waals surface area contributed by atoms with E-state index in [2.05, 4.69) is 37.2 Å². The Morgan fingerprint density at radius 1 is 1.00 bits per heavy atom. The molecule has 1 aromatic carbocycles. The maximum absolute atomic E-state index is 12.8. The number of carbonyl (C=O) groups excluding carboxylic acids is 3. The van der Waals surface area contributed by atoms with E-state index >= 15 is 0 Å². The molecule has 3 amide bonds. The van der Waals surface area contributed by atoms with Gasteiger partial charge in [0.2, 0.25) is 17.7 Å². The van der Waals surface area contributed by atoms with Gasteiger partial charge in [-0.25, -0.2) is 0 Å². The zero-order valence-electron chi connectivity index (χ0n) is 15.8. The number of imide groups is 1. The molecule has 2 bridgehead atoms. The second-order valence-electron chi connectivity index (χ2n) is 8.20. The lowest BCUT2D eigenvalue weighted by molar-refractivity contribution is -0.140. The Morgan fingerprint density at radius 3 is 2.17 bits per heavy atom. The lowest BCUT2D eigenvalue weighted by atomic mass is 9.81. The number of amides is 3. The fourth-order valence-corrected chi connectivity index (χ4v) is 7.12. The van der Waals surface area contributed by atoms with Crippen molar-refractivity contribution in [3.8, 4) is 0 Å². The molecule has 0 unspecified atom stereocenters. The van der Waals surface area contributed by atoms with E-state index in [1.165, 1.54) is 4.90 Å². The van der Waals surface area contributed by atoms with E-state index in [9.17, 15) is 14.4 Å². The molecular formula is C21H23Br2ClN2O3. The number of nitrogens with one attached hydrogen (secondary N) is 1. The summed E-state index contributed by atoms with van der Waals surface area (Å²) in [5, 5.41) is 3.47. The van der Waals surface area contributed by atoms with E-state index < -0.39 is 0 Å². The van der Waals surface area contributed by atoms with Crippen molar-refractivity contribution in [3.63, 3.8) is 0 Å². The summed E-state index contributed by atoms with van der Waals surface area (Å²) in [5.74, 6) is 0.207. The van der Waals surface area contributed by atoms with Gasteiger partial charge in [-0.3, -0.25) is 19.3 Å². The van der Waals surface area contributed by atoms with Gasteiger partial charge in [0.15, 0.2) is 0 Å². The van der Waals surface area contributed by atoms with Gasteiger partial charge in [-0.15, -0.1) is 0 Å². The van der Waals surface area contributed by atoms with Crippen molar-refractivity contribution in [1.82, 2.24) is 4.90 Å². The minimum atomic E-state index is -0.143. The lowest BCUT2D eigenvalue weighted by Crippen LogP contribution is -2.37. The second kappa shape index (κ2) is 8.67. The maximum atomic E-state index is 12.8. The molecule has 1 aliphatic heterocycles. The molecule has 2 aliphatic carbocycles. The Labute approximate surface area is 192 Å². The number of halogens is 3. The highest BCUT2D eigenvalue weighted by molar-refractivity contribution is 9.12. The molecule has 4 rings (SSSR count). The predicted molar refractivity (Wildman–Crippen MR) is 119 cm³/mol. The minimum absolute atomic E-state index is 0.0110. The minimum Gasteiger partial charge on any atom is -0.326 e. The number of fused-ring (bicyclic) bond motifs is 5. The molecule has 0 aromatic heterocycles. The van der Waals surface area contributed by atoms with Gasteiger partial charge in [0.1, 0.15) is 0 Å². The second-order valence-corrected chi connectivity index (χ2v) is 10.7. The third-order valence-electron chi connectivity index (χ3n) is 6.49. The van der Waals surface area contributed by atoms with Crippen LogP contribution in [0.15, 0.2) is 24.3 Å². The van der Waals surface area contributed by atoms with Crippen LogP contribution >= 0.6 is 43.5 Å². The number of rotatable bonds is 7. The van der Waals surface area contributed by atoms with E-state index in [0.717, 1.165) is 31.4 Å². The van der Waals surface area contributed by atoms with Crippen LogP contribution in [0.1, 0.15) is 32.1 Å². The number of anilines is 1. The molecule has 3 aliphatic rings. The Bertz CT molecular complexity index is 787. The molecule has 6 atom stereocenters. The topological polar surface area (TPSA) is 66.5 Å². The summed E-state index contributed by atoms with van der Waals surface area (Å²) in [6, 6.07) is 7.00. The highest BCUT2D eigenvalue weighted by Crippen LogP contribution is 2.60. The summed E-state index contributed by atoms with van der Waals surface area (Å²) < 4.78 is 0. The Hall–Kier alpha value is -0.920. The molecular weight excluding hydrogens is 524 g/mol. The van der Waals surface area contributed by atoms with Gasteiger partial charge in [-0.05, 0) is 55.4 Å². The summed E-state index contributed by atoms with van der Waals surface area (Å²) in [6.45, 7) is 0.461. The highest BCUT2D eigenvalue weighted by Gasteiger charge is 2.66. The summed E-state index contributed by atoms with van der Waals surface area (Å²) in [4.78, 5) is 39.7. The van der Waals surface area contributed by atoms with Gasteiger partial charge >= 0.3 is 0 Å². The van der Waals surface area contributed by atoms with Crippen molar-refractivity contribution in [3.05, 3.63) is 29.3 Å². The summed E-state index contributed by atoms with van der Waals surface area (Å²) >= 11 is 13.2. The third-order valence-corrected chi connectivity index (χ3v) is 9.95. The van der Waals surface area contributed by atoms with Crippen LogP contribution in [0.2, 0.25) is 5.02 Å². The third kappa shape index (κ3) is 4.02. The Kier molecular flexibility index (Phi) is 6.38. The van der Waals surface area contributed by atoms with E-state index in [4.69, 9.17) is 11.6 Å². The van der Waals surface area contributed by atoms with E-state index in [-0.39, 0.29) is 51.0 Å². The van der Waals surface area contributed by atoms with E-state index in [1.54, 1.807) is 24.3 Å². The van der Waals surface area contributed by atoms with E-state index in [1.807, 2.05) is 0 Å². The Balaban J connectivity index is 1.20. The molecule has 1 N–H and O–H groups in total. The van der Waals surface area contributed by atoms with Crippen molar-refractivity contribution in [1.29, 1.82) is 0 Å². The zero-order valence-corrected chi connectivity index (χ0v) is 19.7. The first-order chi connectivity index (χ1) is 13.9. The van der Waals surface area contributed by atoms with Crippen molar-refractivity contribution in [2.24, 2.45) is 23.7 Å². The largest absolute Gasteiger partial charge is 0.326 e. The van der Waals surface area contributed by atoms with Gasteiger partial charge in [0.25, 0.3) is 0 Å². The fourth-order valence-electron chi connectivity index (χ4n) is 5.12. The van der Waals surface area contributed by atoms with Crippen LogP contribution in [0.3, 0.4) is 0 Å². The molecule has 3 fully saturated rings. The lowest BCUT2D eigenvalue weighted by Gasteiger charge is -2.28. The molecule has 5 nitrogen and oxygen atoms in total. The fraction of sp³-hybridized carbons (Fsp3) is 0.571. The molecule has 29 heavy (non-hydrogen) atoms. The van der Waals surface area contributed by atoms with Crippen LogP contribution in [-0.2, 0) is 14.4 Å². The van der Waals surface area contributed by atoms with Crippen LogP contribution in [-0.4, -0.2) is 38.8 Å². The number of hydrogen-bond acceptors (Lipinski definition) is 3. The number of likely N-dealkylation sites (tertiary alicyclic amines) is 1. The van der Waals surface area contributed by atoms with Crippen LogP contribution in [0.5, 0.6) is 0 Å². The average Bonchev–Trinajstić information content (AvgIpc) is 3.29. The summed E-state index contributed by atoms with van der Waals surface area (Å²) in [5.41, 5.74) is 0.726. The average molecular weight is 547 g/mol. The Morgan fingerprint density at radius 2 is 1.59 bits per heavy atom. The number of alkyl halides is 2. The summed E-state index contributed by atoms with van der Waals surface area (Å²) in [6.07, 6.45) is 3.62. The van der Waals surface area contributed by atoms with Crippen molar-refractivity contribution >= 4 is 66.9 Å². The van der Waals surface area contributed by atoms with Crippen LogP contribution in [0.25, 0.3) is 0 Å². The first-order valence-corrected chi connectivity index (χ1v) is 12.3. The van der Waals surface area contributed by atoms with Crippen LogP contribution < -0.4 is 5.32 Å². The first-order valence-electron chi connectivity index (χ1n) is 10.1. The quantitative estimate of drug-likeness (QED) is 0.309. The smallest absolute Gasteiger partial charge is 0.233 e. The van der Waals surface area contributed by atoms with Gasteiger partial charge < -0.3 is 5.32 Å². The SMILES string of the molecule is O=C(CCCCCN1C(=O)[C@@H]2[C@H]3C[C@@H]([C@H](Br)[C@H]3Br)[C@H]2C1=O)Nc1ccc(Cl)cc1. The first kappa shape index (κ1) is 21.3. The molecule has 1 aromatic rings. The molecule has 8 heteroatoms. The van der Waals surface area contributed by atoms with Crippen LogP contribution in [0, 0.1) is 23.7 Å². The zero-order chi connectivity index (χ0) is 20.7. The number of nitrogens with zero attached hydrogens (tertiary/aromatic N) is 1. The van der Waals surface area contributed by atoms with Crippen molar-refractivity contribution in [2.45, 2.75) is 41.8 Å². The number of carbonyl (C=O) groups is 3. The summed E-state index contributed by atoms with van der Waals surface area (Å²) in [7, 11) is 0. The number of benzene rings is 1. The van der Waals surface area contributed by atoms with Crippen molar-refractivity contribution < 1.29 is 14.4 Å². The van der Waals surface area contributed by atoms with E-state index in [0.29, 0.717) is 18.0 Å². The normalized spacial score (nSPS) is 32.7. The molecule has 2 saturated carbocycles. The highest BCUT2D eigenvalue weighted by atomic mass is 79.9. The van der Waals surface area contributed by atoms with Gasteiger partial charge in [0.05, 0.1) is 11.8 Å². The van der Waals surface area contributed by atoms with Crippen molar-refractivity contribution in [2.75, 3.05) is 11.9 Å². The predicted octanol–water partition coefficient (Wildman–Crippen LogP) is 4.62.